The lowest BCUT2D eigenvalue weighted by molar-refractivity contribution is -0.384. The van der Waals surface area contributed by atoms with Gasteiger partial charge in [0.2, 0.25) is 0 Å². The third kappa shape index (κ3) is 3.75. The number of aromatic nitrogens is 2. The number of fused-ring (bicyclic) bond motifs is 1. The van der Waals surface area contributed by atoms with Crippen LogP contribution in [-0.4, -0.2) is 20.5 Å². The van der Waals surface area contributed by atoms with Gasteiger partial charge in [-0.2, -0.15) is 5.11 Å². The Morgan fingerprint density at radius 3 is 2.45 bits per heavy atom. The van der Waals surface area contributed by atoms with Crippen molar-refractivity contribution >= 4 is 28.7 Å². The number of rotatable bonds is 4. The van der Waals surface area contributed by atoms with E-state index in [1.165, 1.54) is 12.1 Å². The number of anilines is 1. The van der Waals surface area contributed by atoms with Crippen LogP contribution in [0.25, 0.3) is 0 Å². The fourth-order valence-corrected chi connectivity index (χ4v) is 4.23. The summed E-state index contributed by atoms with van der Waals surface area (Å²) in [5.74, 6) is 0.562. The van der Waals surface area contributed by atoms with Crippen LogP contribution in [-0.2, 0) is 4.79 Å². The van der Waals surface area contributed by atoms with Gasteiger partial charge in [-0.25, -0.2) is 0 Å². The Morgan fingerprint density at radius 1 is 1.03 bits per heavy atom. The van der Waals surface area contributed by atoms with E-state index < -0.39 is 16.5 Å². The summed E-state index contributed by atoms with van der Waals surface area (Å²) in [5.41, 5.74) is 3.80. The molecule has 33 heavy (non-hydrogen) atoms. The minimum absolute atomic E-state index is 0.0320. The molecule has 1 aromatic heterocycles. The van der Waals surface area contributed by atoms with Crippen LogP contribution in [0.15, 0.2) is 74.8 Å². The average molecular weight is 444 g/mol. The fourth-order valence-electron chi connectivity index (χ4n) is 4.23. The fraction of sp³-hybridized carbons (Fsp3) is 0.217. The molecule has 3 aromatic rings. The molecule has 10 heteroatoms. The van der Waals surface area contributed by atoms with Gasteiger partial charge in [-0.05, 0) is 48.7 Å². The first kappa shape index (κ1) is 20.6. The highest BCUT2D eigenvalue weighted by Gasteiger charge is 2.35. The average Bonchev–Trinajstić information content (AvgIpc) is 3.11. The van der Waals surface area contributed by atoms with E-state index in [9.17, 15) is 19.7 Å². The summed E-state index contributed by atoms with van der Waals surface area (Å²) in [7, 11) is 0. The molecule has 2 heterocycles. The van der Waals surface area contributed by atoms with Gasteiger partial charge >= 0.3 is 0 Å². The third-order valence-corrected chi connectivity index (χ3v) is 5.91. The van der Waals surface area contributed by atoms with E-state index in [0.717, 1.165) is 22.4 Å². The molecule has 1 aliphatic heterocycles. The van der Waals surface area contributed by atoms with Crippen LogP contribution in [0.3, 0.4) is 0 Å². The minimum Gasteiger partial charge on any atom is -0.342 e. The zero-order valence-corrected chi connectivity index (χ0v) is 17.7. The van der Waals surface area contributed by atoms with Crippen LogP contribution < -0.4 is 10.9 Å². The number of aryl methyl sites for hydroxylation is 1. The number of carbonyl (C=O) groups excluding carboxylic acids is 1. The molecule has 0 amide bonds. The Kier molecular flexibility index (Phi) is 4.97. The largest absolute Gasteiger partial charge is 0.342 e. The number of H-pyrrole nitrogens is 1. The van der Waals surface area contributed by atoms with Crippen molar-refractivity contribution in [2.24, 2.45) is 10.2 Å². The standard InChI is InChI=1S/C23H20N6O4/c1-13-2-6-15(7-3-13)25-26-20-22-24-19-11-10-17(30)12-18(19)21(28(22)27-23(20)31)14-4-8-16(9-5-14)29(32)33/h2-9,21,24H,10-12H2,1H3,(H,27,31). The molecule has 0 saturated carbocycles. The number of nitro benzene ring substituents is 1. The third-order valence-electron chi connectivity index (χ3n) is 5.91. The number of Topliss-reactive ketones (excluding diaryl/α,β-unsaturated/α-hetero) is 1. The lowest BCUT2D eigenvalue weighted by Crippen LogP contribution is -2.29. The Hall–Kier alpha value is -4.34. The highest BCUT2D eigenvalue weighted by Crippen LogP contribution is 2.43. The lowest BCUT2D eigenvalue weighted by atomic mass is 9.85. The smallest absolute Gasteiger partial charge is 0.294 e. The van der Waals surface area contributed by atoms with Gasteiger partial charge in [-0.3, -0.25) is 29.5 Å². The molecule has 166 valence electrons. The number of benzene rings is 2. The van der Waals surface area contributed by atoms with Crippen molar-refractivity contribution in [2.75, 3.05) is 5.32 Å². The summed E-state index contributed by atoms with van der Waals surface area (Å²) in [6, 6.07) is 13.1. The van der Waals surface area contributed by atoms with Crippen LogP contribution in [0, 0.1) is 17.0 Å². The van der Waals surface area contributed by atoms with Gasteiger partial charge < -0.3 is 5.32 Å². The van der Waals surface area contributed by atoms with E-state index in [0.29, 0.717) is 24.3 Å². The molecule has 5 rings (SSSR count). The number of allylic oxidation sites excluding steroid dienone is 2. The number of nitrogens with zero attached hydrogens (tertiary/aromatic N) is 4. The number of ketones is 1. The lowest BCUT2D eigenvalue weighted by Gasteiger charge is -2.34. The molecule has 1 aliphatic carbocycles. The van der Waals surface area contributed by atoms with E-state index in [4.69, 9.17) is 0 Å². The number of nitrogens with one attached hydrogen (secondary N) is 2. The highest BCUT2D eigenvalue weighted by atomic mass is 16.6. The summed E-state index contributed by atoms with van der Waals surface area (Å²) in [6.07, 6.45) is 1.17. The highest BCUT2D eigenvalue weighted by molar-refractivity contribution is 5.84. The van der Waals surface area contributed by atoms with Crippen LogP contribution >= 0.6 is 0 Å². The van der Waals surface area contributed by atoms with Gasteiger partial charge in [0.15, 0.2) is 11.5 Å². The van der Waals surface area contributed by atoms with Crippen LogP contribution in [0.1, 0.15) is 36.4 Å². The topological polar surface area (TPSA) is 135 Å². The van der Waals surface area contributed by atoms with Crippen LogP contribution in [0.2, 0.25) is 0 Å². The number of carbonyl (C=O) groups is 1. The van der Waals surface area contributed by atoms with E-state index in [2.05, 4.69) is 20.6 Å². The maximum atomic E-state index is 12.8. The number of nitro groups is 1. The van der Waals surface area contributed by atoms with Crippen molar-refractivity contribution < 1.29 is 9.72 Å². The van der Waals surface area contributed by atoms with Crippen molar-refractivity contribution in [3.8, 4) is 0 Å². The van der Waals surface area contributed by atoms with Crippen molar-refractivity contribution in [3.63, 3.8) is 0 Å². The van der Waals surface area contributed by atoms with Gasteiger partial charge in [0.25, 0.3) is 11.2 Å². The predicted molar refractivity (Wildman–Crippen MR) is 121 cm³/mol. The molecule has 0 spiro atoms. The molecule has 1 unspecified atom stereocenters. The summed E-state index contributed by atoms with van der Waals surface area (Å²) < 4.78 is 1.63. The molecule has 2 aliphatic rings. The van der Waals surface area contributed by atoms with Gasteiger partial charge in [-0.15, -0.1) is 5.11 Å². The Balaban J connectivity index is 1.60. The molecule has 0 bridgehead atoms. The zero-order chi connectivity index (χ0) is 23.1. The van der Waals surface area contributed by atoms with Gasteiger partial charge in [0.05, 0.1) is 10.6 Å². The van der Waals surface area contributed by atoms with Crippen molar-refractivity contribution in [3.05, 3.63) is 91.4 Å². The quantitative estimate of drug-likeness (QED) is 0.338. The van der Waals surface area contributed by atoms with Crippen molar-refractivity contribution in [2.45, 2.75) is 32.2 Å². The van der Waals surface area contributed by atoms with Gasteiger partial charge in [-0.1, -0.05) is 17.7 Å². The molecule has 2 aromatic carbocycles. The summed E-state index contributed by atoms with van der Waals surface area (Å²) in [5, 5.41) is 25.6. The maximum absolute atomic E-state index is 12.8. The molecule has 0 fully saturated rings. The molecule has 0 radical (unpaired) electrons. The van der Waals surface area contributed by atoms with E-state index in [-0.39, 0.29) is 23.6 Å². The van der Waals surface area contributed by atoms with Gasteiger partial charge in [0.1, 0.15) is 11.8 Å². The second kappa shape index (κ2) is 7.97. The van der Waals surface area contributed by atoms with Crippen molar-refractivity contribution in [1.29, 1.82) is 0 Å². The Bertz CT molecular complexity index is 1380. The minimum atomic E-state index is -0.489. The van der Waals surface area contributed by atoms with Gasteiger partial charge in [0, 0.05) is 30.7 Å². The van der Waals surface area contributed by atoms with E-state index in [1.54, 1.807) is 16.8 Å². The number of azo groups is 1. The first-order valence-corrected chi connectivity index (χ1v) is 10.5. The number of hydrogen-bond donors (Lipinski definition) is 2. The van der Waals surface area contributed by atoms with Crippen LogP contribution in [0.4, 0.5) is 22.9 Å². The monoisotopic (exact) mass is 444 g/mol. The van der Waals surface area contributed by atoms with Crippen molar-refractivity contribution in [1.82, 2.24) is 9.78 Å². The van der Waals surface area contributed by atoms with Crippen LogP contribution in [0.5, 0.6) is 0 Å². The molecular weight excluding hydrogens is 424 g/mol. The summed E-state index contributed by atoms with van der Waals surface area (Å²) in [4.78, 5) is 35.7. The second-order valence-electron chi connectivity index (χ2n) is 8.14. The summed E-state index contributed by atoms with van der Waals surface area (Å²) >= 11 is 0. The Labute approximate surface area is 187 Å². The van der Waals surface area contributed by atoms with E-state index in [1.807, 2.05) is 31.2 Å². The predicted octanol–water partition coefficient (Wildman–Crippen LogP) is 4.83. The van der Waals surface area contributed by atoms with E-state index >= 15 is 0 Å². The molecule has 1 atom stereocenters. The molecule has 10 nitrogen and oxygen atoms in total. The number of non-ortho nitro benzene ring substituents is 1. The molecule has 2 N–H and O–H groups in total. The Morgan fingerprint density at radius 2 is 1.76 bits per heavy atom. The number of hydrogen-bond acceptors (Lipinski definition) is 7. The first-order valence-electron chi connectivity index (χ1n) is 10.5. The molecular formula is C23H20N6O4. The SMILES string of the molecule is Cc1ccc(N=Nc2c3n([nH]c2=O)C(c2ccc([N+](=O)[O-])cc2)C2=C(CCC(=O)C2)N3)cc1. The molecule has 0 saturated heterocycles. The second-order valence-corrected chi connectivity index (χ2v) is 8.14. The number of aromatic amines is 1. The normalized spacial score (nSPS) is 17.6. The maximum Gasteiger partial charge on any atom is 0.294 e. The zero-order valence-electron chi connectivity index (χ0n) is 17.7. The summed E-state index contributed by atoms with van der Waals surface area (Å²) in [6.45, 7) is 1.97. The first-order chi connectivity index (χ1) is 15.9.